The molecule has 7 heteroatoms. The van der Waals surface area contributed by atoms with E-state index in [1.807, 2.05) is 18.2 Å². The SMILES string of the molecule is COCc1c(C(=O)O[C@@H](C)C(=O)Nc2ccccc2C#N)oc2ccccc12. The Kier molecular flexibility index (Phi) is 5.72. The second-order valence-corrected chi connectivity index (χ2v) is 6.03. The number of para-hydroxylation sites is 2. The number of furan rings is 1. The maximum absolute atomic E-state index is 12.6. The number of nitrogens with zero attached hydrogens (tertiary/aromatic N) is 1. The molecular weight excluding hydrogens is 360 g/mol. The number of carbonyl (C=O) groups excluding carboxylic acids is 2. The van der Waals surface area contributed by atoms with E-state index in [1.165, 1.54) is 14.0 Å². The zero-order chi connectivity index (χ0) is 20.1. The molecule has 1 heterocycles. The summed E-state index contributed by atoms with van der Waals surface area (Å²) in [6.07, 6.45) is -1.09. The highest BCUT2D eigenvalue weighted by Gasteiger charge is 2.26. The van der Waals surface area contributed by atoms with Crippen LogP contribution < -0.4 is 5.32 Å². The lowest BCUT2D eigenvalue weighted by Gasteiger charge is -2.14. The van der Waals surface area contributed by atoms with Gasteiger partial charge in [-0.2, -0.15) is 5.26 Å². The summed E-state index contributed by atoms with van der Waals surface area (Å²) < 4.78 is 16.1. The predicted molar refractivity (Wildman–Crippen MR) is 102 cm³/mol. The van der Waals surface area contributed by atoms with Crippen LogP contribution in [-0.4, -0.2) is 25.1 Å². The Labute approximate surface area is 161 Å². The van der Waals surface area contributed by atoms with Gasteiger partial charge in [-0.25, -0.2) is 4.79 Å². The molecule has 3 aromatic rings. The summed E-state index contributed by atoms with van der Waals surface area (Å²) in [5, 5.41) is 12.4. The summed E-state index contributed by atoms with van der Waals surface area (Å²) in [6, 6.07) is 15.7. The van der Waals surface area contributed by atoms with Crippen LogP contribution >= 0.6 is 0 Å². The van der Waals surface area contributed by atoms with Crippen molar-refractivity contribution in [1.29, 1.82) is 5.26 Å². The molecule has 28 heavy (non-hydrogen) atoms. The number of hydrogen-bond acceptors (Lipinski definition) is 6. The molecule has 0 fully saturated rings. The molecule has 0 spiro atoms. The van der Waals surface area contributed by atoms with Crippen molar-refractivity contribution in [3.05, 3.63) is 65.4 Å². The molecule has 3 rings (SSSR count). The normalized spacial score (nSPS) is 11.6. The molecule has 1 atom stereocenters. The molecule has 0 unspecified atom stereocenters. The van der Waals surface area contributed by atoms with E-state index >= 15 is 0 Å². The average molecular weight is 378 g/mol. The molecule has 7 nitrogen and oxygen atoms in total. The van der Waals surface area contributed by atoms with E-state index in [-0.39, 0.29) is 12.4 Å². The Bertz CT molecular complexity index is 1060. The van der Waals surface area contributed by atoms with Crippen molar-refractivity contribution in [3.63, 3.8) is 0 Å². The van der Waals surface area contributed by atoms with Crippen molar-refractivity contribution in [1.82, 2.24) is 0 Å². The van der Waals surface area contributed by atoms with Crippen LogP contribution in [-0.2, 0) is 20.9 Å². The zero-order valence-electron chi connectivity index (χ0n) is 15.4. The fraction of sp³-hybridized carbons (Fsp3) is 0.190. The number of rotatable bonds is 6. The first kappa shape index (κ1) is 19.1. The van der Waals surface area contributed by atoms with E-state index in [0.717, 1.165) is 5.39 Å². The quantitative estimate of drug-likeness (QED) is 0.657. The maximum Gasteiger partial charge on any atom is 0.375 e. The average Bonchev–Trinajstić information content (AvgIpc) is 3.07. The van der Waals surface area contributed by atoms with Crippen molar-refractivity contribution in [3.8, 4) is 6.07 Å². The van der Waals surface area contributed by atoms with E-state index in [2.05, 4.69) is 5.32 Å². The van der Waals surface area contributed by atoms with Crippen molar-refractivity contribution >= 4 is 28.5 Å². The van der Waals surface area contributed by atoms with Gasteiger partial charge < -0.3 is 19.2 Å². The van der Waals surface area contributed by atoms with Crippen LogP contribution in [0.25, 0.3) is 11.0 Å². The third-order valence-electron chi connectivity index (χ3n) is 4.13. The molecule has 1 N–H and O–H groups in total. The lowest BCUT2D eigenvalue weighted by Crippen LogP contribution is -2.30. The summed E-state index contributed by atoms with van der Waals surface area (Å²) in [5.41, 5.74) is 1.75. The fourth-order valence-corrected chi connectivity index (χ4v) is 2.74. The number of anilines is 1. The molecule has 0 aliphatic rings. The Balaban J connectivity index is 1.77. The van der Waals surface area contributed by atoms with E-state index in [4.69, 9.17) is 19.2 Å². The first-order valence-electron chi connectivity index (χ1n) is 8.55. The molecule has 0 radical (unpaired) electrons. The van der Waals surface area contributed by atoms with Gasteiger partial charge in [-0.1, -0.05) is 30.3 Å². The summed E-state index contributed by atoms with van der Waals surface area (Å²) in [7, 11) is 1.51. The van der Waals surface area contributed by atoms with Gasteiger partial charge in [0.05, 0.1) is 17.9 Å². The van der Waals surface area contributed by atoms with Crippen LogP contribution in [0, 0.1) is 11.3 Å². The Morgan fingerprint density at radius 2 is 1.89 bits per heavy atom. The summed E-state index contributed by atoms with van der Waals surface area (Å²) in [6.45, 7) is 1.61. The zero-order valence-corrected chi connectivity index (χ0v) is 15.4. The van der Waals surface area contributed by atoms with E-state index in [1.54, 1.807) is 36.4 Å². The number of amides is 1. The van der Waals surface area contributed by atoms with Crippen LogP contribution in [0.3, 0.4) is 0 Å². The molecule has 1 aromatic heterocycles. The summed E-state index contributed by atoms with van der Waals surface area (Å²) in [5.74, 6) is -1.32. The number of nitriles is 1. The van der Waals surface area contributed by atoms with Crippen molar-refractivity contribution in [2.75, 3.05) is 12.4 Å². The second-order valence-electron chi connectivity index (χ2n) is 6.03. The summed E-state index contributed by atoms with van der Waals surface area (Å²) in [4.78, 5) is 25.0. The van der Waals surface area contributed by atoms with Gasteiger partial charge in [-0.3, -0.25) is 4.79 Å². The molecule has 0 aliphatic heterocycles. The van der Waals surface area contributed by atoms with Gasteiger partial charge in [0.1, 0.15) is 11.7 Å². The van der Waals surface area contributed by atoms with Crippen LogP contribution in [0.1, 0.15) is 28.6 Å². The van der Waals surface area contributed by atoms with Crippen LogP contribution in [0.5, 0.6) is 0 Å². The minimum Gasteiger partial charge on any atom is -0.449 e. The van der Waals surface area contributed by atoms with Gasteiger partial charge in [0.25, 0.3) is 5.91 Å². The molecule has 0 saturated carbocycles. The van der Waals surface area contributed by atoms with Crippen LogP contribution in [0.15, 0.2) is 52.9 Å². The minimum absolute atomic E-state index is 0.000116. The first-order valence-corrected chi connectivity index (χ1v) is 8.55. The molecule has 0 aliphatic carbocycles. The Hall–Kier alpha value is -3.63. The molecule has 2 aromatic carbocycles. The lowest BCUT2D eigenvalue weighted by molar-refractivity contribution is -0.123. The highest BCUT2D eigenvalue weighted by atomic mass is 16.6. The molecule has 0 saturated heterocycles. The fourth-order valence-electron chi connectivity index (χ4n) is 2.74. The minimum atomic E-state index is -1.09. The Morgan fingerprint density at radius 1 is 1.18 bits per heavy atom. The standard InChI is InChI=1S/C21H18N2O5/c1-13(20(24)23-17-9-5-3-7-14(17)11-22)27-21(25)19-16(12-26-2)15-8-4-6-10-18(15)28-19/h3-10,13H,12H2,1-2H3,(H,23,24)/t13-/m0/s1. The van der Waals surface area contributed by atoms with Crippen LogP contribution in [0.4, 0.5) is 5.69 Å². The third-order valence-corrected chi connectivity index (χ3v) is 4.13. The topological polar surface area (TPSA) is 102 Å². The predicted octanol–water partition coefficient (Wildman–Crippen LogP) is 3.63. The van der Waals surface area contributed by atoms with Crippen molar-refractivity contribution in [2.24, 2.45) is 0 Å². The van der Waals surface area contributed by atoms with Gasteiger partial charge in [0, 0.05) is 18.1 Å². The number of hydrogen-bond donors (Lipinski definition) is 1. The number of carbonyl (C=O) groups is 2. The van der Waals surface area contributed by atoms with Crippen molar-refractivity contribution < 1.29 is 23.5 Å². The number of ether oxygens (including phenoxy) is 2. The number of nitrogens with one attached hydrogen (secondary N) is 1. The van der Waals surface area contributed by atoms with Gasteiger partial charge in [0.15, 0.2) is 6.10 Å². The number of benzene rings is 2. The van der Waals surface area contributed by atoms with E-state index in [0.29, 0.717) is 22.4 Å². The van der Waals surface area contributed by atoms with E-state index < -0.39 is 18.0 Å². The third kappa shape index (κ3) is 3.87. The smallest absolute Gasteiger partial charge is 0.375 e. The van der Waals surface area contributed by atoms with Gasteiger partial charge >= 0.3 is 5.97 Å². The second kappa shape index (κ2) is 8.37. The largest absolute Gasteiger partial charge is 0.449 e. The van der Waals surface area contributed by atoms with Gasteiger partial charge in [-0.05, 0) is 25.1 Å². The van der Waals surface area contributed by atoms with E-state index in [9.17, 15) is 9.59 Å². The number of fused-ring (bicyclic) bond motifs is 1. The molecule has 1 amide bonds. The van der Waals surface area contributed by atoms with Crippen LogP contribution in [0.2, 0.25) is 0 Å². The lowest BCUT2D eigenvalue weighted by atomic mass is 10.1. The monoisotopic (exact) mass is 378 g/mol. The highest BCUT2D eigenvalue weighted by Crippen LogP contribution is 2.27. The number of esters is 1. The molecular formula is C21H18N2O5. The maximum atomic E-state index is 12.6. The van der Waals surface area contributed by atoms with Gasteiger partial charge in [0.2, 0.25) is 5.76 Å². The van der Waals surface area contributed by atoms with Crippen molar-refractivity contribution in [2.45, 2.75) is 19.6 Å². The summed E-state index contributed by atoms with van der Waals surface area (Å²) >= 11 is 0. The molecule has 0 bridgehead atoms. The Morgan fingerprint density at radius 3 is 2.64 bits per heavy atom. The molecule has 142 valence electrons. The number of methoxy groups -OCH3 is 1. The van der Waals surface area contributed by atoms with Gasteiger partial charge in [-0.15, -0.1) is 0 Å². The first-order chi connectivity index (χ1) is 13.5. The highest BCUT2D eigenvalue weighted by molar-refractivity contribution is 5.99.